The molecular weight excluding hydrogens is 276 g/mol. The van der Waals surface area contributed by atoms with Crippen molar-refractivity contribution in [2.75, 3.05) is 12.3 Å². The van der Waals surface area contributed by atoms with Crippen LogP contribution < -0.4 is 5.32 Å². The summed E-state index contributed by atoms with van der Waals surface area (Å²) in [6.07, 6.45) is 0.0869. The third kappa shape index (κ3) is 5.25. The van der Waals surface area contributed by atoms with E-state index >= 15 is 0 Å². The fraction of sp³-hybridized carbons (Fsp3) is 0.333. The summed E-state index contributed by atoms with van der Waals surface area (Å²) in [5.74, 6) is -3.63. The van der Waals surface area contributed by atoms with Gasteiger partial charge in [-0.3, -0.25) is 9.59 Å². The third-order valence-corrected chi connectivity index (χ3v) is 2.85. The number of carbonyl (C=O) groups is 2. The van der Waals surface area contributed by atoms with Crippen molar-refractivity contribution in [1.29, 1.82) is 0 Å². The van der Waals surface area contributed by atoms with Crippen LogP contribution in [0.2, 0.25) is 0 Å². The molecule has 1 amide bonds. The van der Waals surface area contributed by atoms with Crippen LogP contribution in [-0.4, -0.2) is 29.3 Å². The molecule has 0 aliphatic carbocycles. The van der Waals surface area contributed by atoms with Gasteiger partial charge in [-0.05, 0) is 24.1 Å². The molecule has 7 heteroatoms. The number of carboxylic acid groups (broad SMARTS) is 1. The van der Waals surface area contributed by atoms with Crippen molar-refractivity contribution < 1.29 is 23.5 Å². The number of carboxylic acids is 1. The van der Waals surface area contributed by atoms with Crippen molar-refractivity contribution in [3.63, 3.8) is 0 Å². The molecule has 1 rings (SSSR count). The van der Waals surface area contributed by atoms with Crippen molar-refractivity contribution in [2.45, 2.75) is 6.42 Å². The van der Waals surface area contributed by atoms with Gasteiger partial charge in [-0.2, -0.15) is 12.6 Å². The van der Waals surface area contributed by atoms with Gasteiger partial charge in [-0.25, -0.2) is 8.78 Å². The SMILES string of the molecule is O=C(O)CNC(=O)[C@H](CS)Cc1cc(F)cc(F)c1. The van der Waals surface area contributed by atoms with E-state index in [1.807, 2.05) is 0 Å². The summed E-state index contributed by atoms with van der Waals surface area (Å²) < 4.78 is 26.0. The second kappa shape index (κ2) is 7.08. The number of thiol groups is 1. The van der Waals surface area contributed by atoms with Gasteiger partial charge in [-0.15, -0.1) is 0 Å². The van der Waals surface area contributed by atoms with E-state index < -0.39 is 36.0 Å². The first-order valence-electron chi connectivity index (χ1n) is 5.47. The molecule has 1 atom stereocenters. The normalized spacial score (nSPS) is 11.9. The van der Waals surface area contributed by atoms with Crippen LogP contribution >= 0.6 is 12.6 Å². The summed E-state index contributed by atoms with van der Waals surface area (Å²) >= 11 is 3.99. The second-order valence-electron chi connectivity index (χ2n) is 3.97. The Morgan fingerprint density at radius 1 is 1.26 bits per heavy atom. The summed E-state index contributed by atoms with van der Waals surface area (Å²) in [5, 5.41) is 10.7. The Morgan fingerprint density at radius 3 is 2.32 bits per heavy atom. The highest BCUT2D eigenvalue weighted by molar-refractivity contribution is 7.80. The lowest BCUT2D eigenvalue weighted by atomic mass is 10.00. The van der Waals surface area contributed by atoms with E-state index in [0.717, 1.165) is 18.2 Å². The highest BCUT2D eigenvalue weighted by atomic mass is 32.1. The lowest BCUT2D eigenvalue weighted by molar-refractivity contribution is -0.138. The second-order valence-corrected chi connectivity index (χ2v) is 4.34. The van der Waals surface area contributed by atoms with E-state index in [9.17, 15) is 18.4 Å². The van der Waals surface area contributed by atoms with Gasteiger partial charge in [0.05, 0.1) is 5.92 Å². The standard InChI is InChI=1S/C12H13F2NO3S/c13-9-2-7(3-10(14)4-9)1-8(6-19)12(18)15-5-11(16)17/h2-4,8,19H,1,5-6H2,(H,15,18)(H,16,17)/t8-/m0/s1. The number of hydrogen-bond acceptors (Lipinski definition) is 3. The fourth-order valence-corrected chi connectivity index (χ4v) is 1.86. The summed E-state index contributed by atoms with van der Waals surface area (Å²) in [6.45, 7) is -0.499. The lowest BCUT2D eigenvalue weighted by Gasteiger charge is -2.14. The predicted molar refractivity (Wildman–Crippen MR) is 68.1 cm³/mol. The Morgan fingerprint density at radius 2 is 1.84 bits per heavy atom. The van der Waals surface area contributed by atoms with E-state index in [2.05, 4.69) is 17.9 Å². The quantitative estimate of drug-likeness (QED) is 0.691. The first-order chi connectivity index (χ1) is 8.92. The molecule has 0 aliphatic rings. The first kappa shape index (κ1) is 15.4. The van der Waals surface area contributed by atoms with Crippen LogP contribution in [0.5, 0.6) is 0 Å². The van der Waals surface area contributed by atoms with E-state index in [1.54, 1.807) is 0 Å². The maximum absolute atomic E-state index is 13.0. The lowest BCUT2D eigenvalue weighted by Crippen LogP contribution is -2.36. The summed E-state index contributed by atoms with van der Waals surface area (Å²) in [4.78, 5) is 22.0. The van der Waals surface area contributed by atoms with Crippen LogP contribution in [0.25, 0.3) is 0 Å². The van der Waals surface area contributed by atoms with Gasteiger partial charge in [0.25, 0.3) is 0 Å². The van der Waals surface area contributed by atoms with Gasteiger partial charge in [0.1, 0.15) is 18.2 Å². The minimum atomic E-state index is -1.16. The number of carbonyl (C=O) groups excluding carboxylic acids is 1. The zero-order valence-electron chi connectivity index (χ0n) is 9.90. The molecule has 0 bridgehead atoms. The molecular formula is C12H13F2NO3S. The van der Waals surface area contributed by atoms with Gasteiger partial charge in [0.2, 0.25) is 5.91 Å². The van der Waals surface area contributed by atoms with Crippen molar-refractivity contribution in [1.82, 2.24) is 5.32 Å². The Kier molecular flexibility index (Phi) is 5.75. The highest BCUT2D eigenvalue weighted by Gasteiger charge is 2.18. The molecule has 4 nitrogen and oxygen atoms in total. The minimum Gasteiger partial charge on any atom is -0.480 e. The Labute approximate surface area is 114 Å². The maximum Gasteiger partial charge on any atom is 0.322 e. The van der Waals surface area contributed by atoms with Crippen LogP contribution in [0.3, 0.4) is 0 Å². The van der Waals surface area contributed by atoms with E-state index in [0.29, 0.717) is 5.56 Å². The molecule has 0 saturated heterocycles. The molecule has 0 heterocycles. The van der Waals surface area contributed by atoms with Gasteiger partial charge >= 0.3 is 5.97 Å². The van der Waals surface area contributed by atoms with Gasteiger partial charge in [0, 0.05) is 11.8 Å². The average Bonchev–Trinajstić information content (AvgIpc) is 2.31. The molecule has 0 aliphatic heterocycles. The third-order valence-electron chi connectivity index (χ3n) is 2.41. The van der Waals surface area contributed by atoms with Crippen molar-refractivity contribution in [3.05, 3.63) is 35.4 Å². The molecule has 0 unspecified atom stereocenters. The van der Waals surface area contributed by atoms with Crippen molar-refractivity contribution in [3.8, 4) is 0 Å². The Bertz CT molecular complexity index is 462. The largest absolute Gasteiger partial charge is 0.480 e. The fourth-order valence-electron chi connectivity index (χ4n) is 1.56. The molecule has 0 radical (unpaired) electrons. The van der Waals surface area contributed by atoms with Crippen LogP contribution in [0.1, 0.15) is 5.56 Å². The molecule has 0 saturated carbocycles. The number of aliphatic carboxylic acids is 1. The number of benzene rings is 1. The van der Waals surface area contributed by atoms with Crippen LogP contribution in [0.4, 0.5) is 8.78 Å². The number of rotatable bonds is 6. The molecule has 0 spiro atoms. The highest BCUT2D eigenvalue weighted by Crippen LogP contribution is 2.14. The zero-order chi connectivity index (χ0) is 14.4. The first-order valence-corrected chi connectivity index (χ1v) is 6.11. The van der Waals surface area contributed by atoms with E-state index in [1.165, 1.54) is 0 Å². The van der Waals surface area contributed by atoms with Gasteiger partial charge in [0.15, 0.2) is 0 Å². The monoisotopic (exact) mass is 289 g/mol. The summed E-state index contributed by atoms with van der Waals surface area (Å²) in [5.41, 5.74) is 0.321. The van der Waals surface area contributed by atoms with Gasteiger partial charge in [-0.1, -0.05) is 0 Å². The molecule has 19 heavy (non-hydrogen) atoms. The van der Waals surface area contributed by atoms with Crippen LogP contribution in [0, 0.1) is 17.6 Å². The number of halogens is 2. The van der Waals surface area contributed by atoms with E-state index in [4.69, 9.17) is 5.11 Å². The predicted octanol–water partition coefficient (Wildman–Crippen LogP) is 1.25. The summed E-state index contributed by atoms with van der Waals surface area (Å²) in [7, 11) is 0. The van der Waals surface area contributed by atoms with E-state index in [-0.39, 0.29) is 12.2 Å². The molecule has 104 valence electrons. The minimum absolute atomic E-state index is 0.0869. The Hall–Kier alpha value is -1.63. The molecule has 1 aromatic rings. The maximum atomic E-state index is 13.0. The average molecular weight is 289 g/mol. The van der Waals surface area contributed by atoms with Gasteiger partial charge < -0.3 is 10.4 Å². The number of nitrogens with one attached hydrogen (secondary N) is 1. The van der Waals surface area contributed by atoms with Crippen LogP contribution in [0.15, 0.2) is 18.2 Å². The molecule has 1 aromatic carbocycles. The van der Waals surface area contributed by atoms with Crippen LogP contribution in [-0.2, 0) is 16.0 Å². The molecule has 0 aromatic heterocycles. The zero-order valence-corrected chi connectivity index (χ0v) is 10.8. The summed E-state index contributed by atoms with van der Waals surface area (Å²) in [6, 6.07) is 3.00. The molecule has 0 fully saturated rings. The molecule has 2 N–H and O–H groups in total. The van der Waals surface area contributed by atoms with Crippen molar-refractivity contribution >= 4 is 24.5 Å². The smallest absolute Gasteiger partial charge is 0.322 e. The Balaban J connectivity index is 2.70. The number of amides is 1. The topological polar surface area (TPSA) is 66.4 Å². The van der Waals surface area contributed by atoms with Crippen molar-refractivity contribution in [2.24, 2.45) is 5.92 Å². The number of hydrogen-bond donors (Lipinski definition) is 3.